The van der Waals surface area contributed by atoms with Crippen LogP contribution in [0.4, 0.5) is 0 Å². The second-order valence-corrected chi connectivity index (χ2v) is 7.03. The lowest BCUT2D eigenvalue weighted by atomic mass is 10.1. The van der Waals surface area contributed by atoms with Crippen molar-refractivity contribution in [2.75, 3.05) is 47.6 Å². The molecule has 0 heterocycles. The minimum absolute atomic E-state index is 0.265. The lowest BCUT2D eigenvalue weighted by Crippen LogP contribution is -2.38. The van der Waals surface area contributed by atoms with Gasteiger partial charge in [0, 0.05) is 32.8 Å². The van der Waals surface area contributed by atoms with Gasteiger partial charge < -0.3 is 24.1 Å². The molecular formula is C19H33NO5. The highest BCUT2D eigenvalue weighted by Gasteiger charge is 2.17. The van der Waals surface area contributed by atoms with Gasteiger partial charge in [-0.05, 0) is 38.5 Å². The second kappa shape index (κ2) is 10.6. The summed E-state index contributed by atoms with van der Waals surface area (Å²) in [6, 6.07) is 5.79. The minimum atomic E-state index is -0.566. The fourth-order valence-corrected chi connectivity index (χ4v) is 2.37. The van der Waals surface area contributed by atoms with Crippen LogP contribution in [0.15, 0.2) is 18.2 Å². The Morgan fingerprint density at radius 1 is 1.04 bits per heavy atom. The van der Waals surface area contributed by atoms with Crippen molar-refractivity contribution in [2.24, 2.45) is 0 Å². The Hall–Kier alpha value is -1.34. The Kier molecular flexibility index (Phi) is 9.21. The summed E-state index contributed by atoms with van der Waals surface area (Å²) in [5, 5.41) is 10.3. The first-order valence-electron chi connectivity index (χ1n) is 8.52. The first kappa shape index (κ1) is 21.7. The van der Waals surface area contributed by atoms with Crippen molar-refractivity contribution in [1.29, 1.82) is 0 Å². The highest BCUT2D eigenvalue weighted by Crippen LogP contribution is 2.23. The van der Waals surface area contributed by atoms with Gasteiger partial charge in [0.05, 0.1) is 39.1 Å². The third kappa shape index (κ3) is 9.07. The average molecular weight is 355 g/mol. The lowest BCUT2D eigenvalue weighted by molar-refractivity contribution is -0.0576. The summed E-state index contributed by atoms with van der Waals surface area (Å²) in [6.45, 7) is 8.69. The van der Waals surface area contributed by atoms with Crippen LogP contribution in [0.2, 0.25) is 0 Å². The lowest BCUT2D eigenvalue weighted by Gasteiger charge is -2.27. The summed E-state index contributed by atoms with van der Waals surface area (Å²) < 4.78 is 21.5. The Bertz CT molecular complexity index is 479. The molecule has 0 saturated heterocycles. The van der Waals surface area contributed by atoms with Crippen LogP contribution in [0.25, 0.3) is 0 Å². The Balaban J connectivity index is 2.75. The summed E-state index contributed by atoms with van der Waals surface area (Å²) in [4.78, 5) is 2.13. The van der Waals surface area contributed by atoms with E-state index in [2.05, 4.69) is 4.90 Å². The van der Waals surface area contributed by atoms with Crippen molar-refractivity contribution in [3.8, 4) is 11.5 Å². The Labute approximate surface area is 151 Å². The summed E-state index contributed by atoms with van der Waals surface area (Å²) in [6.07, 6.45) is -0.566. The molecular weight excluding hydrogens is 322 g/mol. The van der Waals surface area contributed by atoms with Gasteiger partial charge in [-0.3, -0.25) is 4.90 Å². The molecule has 1 atom stereocenters. The first-order chi connectivity index (χ1) is 11.8. The number of rotatable bonds is 11. The van der Waals surface area contributed by atoms with Gasteiger partial charge in [-0.15, -0.1) is 0 Å². The van der Waals surface area contributed by atoms with E-state index in [0.717, 1.165) is 17.1 Å². The molecule has 6 heteroatoms. The van der Waals surface area contributed by atoms with Gasteiger partial charge in [0.15, 0.2) is 0 Å². The number of aliphatic hydroxyl groups excluding tert-OH is 1. The van der Waals surface area contributed by atoms with Gasteiger partial charge in [0.1, 0.15) is 11.5 Å². The zero-order valence-corrected chi connectivity index (χ0v) is 16.4. The van der Waals surface area contributed by atoms with Crippen molar-refractivity contribution in [3.05, 3.63) is 23.8 Å². The maximum absolute atomic E-state index is 10.3. The molecule has 0 bridgehead atoms. The van der Waals surface area contributed by atoms with Crippen LogP contribution in [0, 0.1) is 0 Å². The van der Waals surface area contributed by atoms with E-state index >= 15 is 0 Å². The van der Waals surface area contributed by atoms with Gasteiger partial charge in [0.25, 0.3) is 0 Å². The maximum Gasteiger partial charge on any atom is 0.122 e. The molecule has 0 spiro atoms. The third-order valence-electron chi connectivity index (χ3n) is 3.61. The molecule has 1 unspecified atom stereocenters. The minimum Gasteiger partial charge on any atom is -0.497 e. The Morgan fingerprint density at radius 2 is 1.64 bits per heavy atom. The second-order valence-electron chi connectivity index (χ2n) is 7.03. The molecule has 0 fully saturated rings. The molecule has 0 aliphatic heterocycles. The molecule has 144 valence electrons. The van der Waals surface area contributed by atoms with E-state index in [4.69, 9.17) is 18.9 Å². The monoisotopic (exact) mass is 355 g/mol. The van der Waals surface area contributed by atoms with E-state index in [0.29, 0.717) is 32.8 Å². The zero-order valence-electron chi connectivity index (χ0n) is 16.4. The predicted molar refractivity (Wildman–Crippen MR) is 98.4 cm³/mol. The van der Waals surface area contributed by atoms with Crippen molar-refractivity contribution in [3.63, 3.8) is 0 Å². The summed E-state index contributed by atoms with van der Waals surface area (Å²) in [5.41, 5.74) is 0.787. The van der Waals surface area contributed by atoms with E-state index in [9.17, 15) is 5.11 Å². The molecule has 25 heavy (non-hydrogen) atoms. The predicted octanol–water partition coefficient (Wildman–Crippen LogP) is 2.33. The smallest absolute Gasteiger partial charge is 0.122 e. The number of methoxy groups -OCH3 is 3. The fourth-order valence-electron chi connectivity index (χ4n) is 2.37. The standard InChI is InChI=1S/C19H33NO5/c1-19(2,3)25-14-16(21)13-20(7-8-22-4)12-15-9-17(23-5)11-18(10-15)24-6/h9-11,16,21H,7-8,12-14H2,1-6H3. The summed E-state index contributed by atoms with van der Waals surface area (Å²) in [5.74, 6) is 1.50. The van der Waals surface area contributed by atoms with Gasteiger partial charge in [0.2, 0.25) is 0 Å². The van der Waals surface area contributed by atoms with Gasteiger partial charge in [-0.1, -0.05) is 0 Å². The third-order valence-corrected chi connectivity index (χ3v) is 3.61. The molecule has 1 rings (SSSR count). The van der Waals surface area contributed by atoms with Crippen LogP contribution in [-0.4, -0.2) is 69.3 Å². The number of ether oxygens (including phenoxy) is 4. The normalized spacial score (nSPS) is 13.1. The van der Waals surface area contributed by atoms with Crippen molar-refractivity contribution in [2.45, 2.75) is 39.0 Å². The van der Waals surface area contributed by atoms with E-state index in [1.54, 1.807) is 21.3 Å². The summed E-state index contributed by atoms with van der Waals surface area (Å²) in [7, 11) is 4.94. The van der Waals surface area contributed by atoms with Gasteiger partial charge >= 0.3 is 0 Å². The van der Waals surface area contributed by atoms with Crippen LogP contribution in [0.1, 0.15) is 26.3 Å². The van der Waals surface area contributed by atoms with Crippen LogP contribution in [0.3, 0.4) is 0 Å². The molecule has 0 aliphatic rings. The average Bonchev–Trinajstić information content (AvgIpc) is 2.56. The van der Waals surface area contributed by atoms with E-state index in [-0.39, 0.29) is 5.60 Å². The van der Waals surface area contributed by atoms with Crippen molar-refractivity contribution >= 4 is 0 Å². The van der Waals surface area contributed by atoms with Gasteiger partial charge in [-0.2, -0.15) is 0 Å². The van der Waals surface area contributed by atoms with Crippen LogP contribution >= 0.6 is 0 Å². The van der Waals surface area contributed by atoms with Gasteiger partial charge in [-0.25, -0.2) is 0 Å². The van der Waals surface area contributed by atoms with E-state index in [1.165, 1.54) is 0 Å². The number of nitrogens with zero attached hydrogens (tertiary/aromatic N) is 1. The molecule has 0 amide bonds. The molecule has 0 radical (unpaired) electrons. The van der Waals surface area contributed by atoms with Crippen LogP contribution in [0.5, 0.6) is 11.5 Å². The SMILES string of the molecule is COCCN(Cc1cc(OC)cc(OC)c1)CC(O)COC(C)(C)C. The molecule has 1 N–H and O–H groups in total. The number of hydrogen-bond donors (Lipinski definition) is 1. The number of aliphatic hydroxyl groups is 1. The topological polar surface area (TPSA) is 60.4 Å². The zero-order chi connectivity index (χ0) is 18.9. The Morgan fingerprint density at radius 3 is 2.12 bits per heavy atom. The highest BCUT2D eigenvalue weighted by molar-refractivity contribution is 5.38. The highest BCUT2D eigenvalue weighted by atomic mass is 16.5. The largest absolute Gasteiger partial charge is 0.497 e. The summed E-state index contributed by atoms with van der Waals surface area (Å²) >= 11 is 0. The van der Waals surface area contributed by atoms with E-state index < -0.39 is 6.10 Å². The van der Waals surface area contributed by atoms with Crippen LogP contribution in [-0.2, 0) is 16.0 Å². The first-order valence-corrected chi connectivity index (χ1v) is 8.52. The van der Waals surface area contributed by atoms with Crippen molar-refractivity contribution < 1.29 is 24.1 Å². The number of benzene rings is 1. The fraction of sp³-hybridized carbons (Fsp3) is 0.684. The molecule has 0 saturated carbocycles. The number of hydrogen-bond acceptors (Lipinski definition) is 6. The van der Waals surface area contributed by atoms with E-state index in [1.807, 2.05) is 39.0 Å². The van der Waals surface area contributed by atoms with Crippen LogP contribution < -0.4 is 9.47 Å². The maximum atomic E-state index is 10.3. The van der Waals surface area contributed by atoms with Crippen molar-refractivity contribution in [1.82, 2.24) is 4.90 Å². The molecule has 1 aromatic carbocycles. The molecule has 1 aromatic rings. The molecule has 0 aliphatic carbocycles. The quantitative estimate of drug-likeness (QED) is 0.657. The molecule has 6 nitrogen and oxygen atoms in total. The molecule has 0 aromatic heterocycles.